The molecule has 0 spiro atoms. The Morgan fingerprint density at radius 2 is 2.47 bits per heavy atom. The number of nitrogens with one attached hydrogen (secondary N) is 1. The van der Waals surface area contributed by atoms with Crippen molar-refractivity contribution in [3.05, 3.63) is 35.9 Å². The van der Waals surface area contributed by atoms with Gasteiger partial charge in [-0.3, -0.25) is 5.10 Å². The fourth-order valence-corrected chi connectivity index (χ4v) is 1.14. The van der Waals surface area contributed by atoms with E-state index in [9.17, 15) is 0 Å². The third kappa shape index (κ3) is 2.54. The van der Waals surface area contributed by atoms with Crippen molar-refractivity contribution in [2.75, 3.05) is 7.11 Å². The molecule has 2 heterocycles. The van der Waals surface area contributed by atoms with Gasteiger partial charge in [-0.25, -0.2) is 4.99 Å². The molecule has 0 unspecified atom stereocenters. The van der Waals surface area contributed by atoms with Crippen LogP contribution in [0.15, 0.2) is 33.8 Å². The Hall–Kier alpha value is -1.88. The predicted molar refractivity (Wildman–Crippen MR) is 55.3 cm³/mol. The van der Waals surface area contributed by atoms with Crippen LogP contribution in [0.5, 0.6) is 0 Å². The van der Waals surface area contributed by atoms with E-state index in [4.69, 9.17) is 9.15 Å². The third-order valence-electron chi connectivity index (χ3n) is 1.79. The zero-order chi connectivity index (χ0) is 10.5. The molecule has 2 rings (SSSR count). The minimum absolute atomic E-state index is 0.470. The van der Waals surface area contributed by atoms with Crippen LogP contribution in [0.3, 0.4) is 0 Å². The van der Waals surface area contributed by atoms with Gasteiger partial charge in [0.1, 0.15) is 23.9 Å². The lowest BCUT2D eigenvalue weighted by Gasteiger charge is -1.91. The Bertz CT molecular complexity index is 431. The minimum atomic E-state index is 0.470. The van der Waals surface area contributed by atoms with Crippen molar-refractivity contribution in [1.29, 1.82) is 0 Å². The van der Waals surface area contributed by atoms with E-state index in [0.717, 1.165) is 5.76 Å². The van der Waals surface area contributed by atoms with E-state index in [2.05, 4.69) is 15.2 Å². The second-order valence-corrected chi connectivity index (χ2v) is 2.94. The van der Waals surface area contributed by atoms with Crippen molar-refractivity contribution >= 4 is 12.0 Å². The number of furan rings is 1. The van der Waals surface area contributed by atoms with Gasteiger partial charge in [-0.1, -0.05) is 0 Å². The Morgan fingerprint density at radius 1 is 1.53 bits per heavy atom. The Balaban J connectivity index is 2.04. The van der Waals surface area contributed by atoms with Crippen LogP contribution in [0.25, 0.3) is 0 Å². The quantitative estimate of drug-likeness (QED) is 0.775. The van der Waals surface area contributed by atoms with Crippen LogP contribution in [-0.2, 0) is 11.3 Å². The SMILES string of the molecule is COCc1ccc(C=Nc2ccn[nH]2)o1. The summed E-state index contributed by atoms with van der Waals surface area (Å²) in [5.74, 6) is 2.17. The molecule has 0 aliphatic carbocycles. The number of aromatic nitrogens is 2. The van der Waals surface area contributed by atoms with Gasteiger partial charge < -0.3 is 9.15 Å². The van der Waals surface area contributed by atoms with E-state index in [-0.39, 0.29) is 0 Å². The van der Waals surface area contributed by atoms with E-state index in [1.165, 1.54) is 0 Å². The van der Waals surface area contributed by atoms with E-state index in [1.54, 1.807) is 25.6 Å². The molecule has 5 heteroatoms. The number of nitrogens with zero attached hydrogens (tertiary/aromatic N) is 2. The molecule has 0 fully saturated rings. The molecular weight excluding hydrogens is 194 g/mol. The summed E-state index contributed by atoms with van der Waals surface area (Å²) in [6.07, 6.45) is 3.28. The first kappa shape index (κ1) is 9.67. The van der Waals surface area contributed by atoms with Crippen LogP contribution < -0.4 is 0 Å². The molecule has 0 aliphatic rings. The molecule has 2 aromatic rings. The summed E-state index contributed by atoms with van der Waals surface area (Å²) in [6.45, 7) is 0.470. The Morgan fingerprint density at radius 3 is 3.20 bits per heavy atom. The van der Waals surface area contributed by atoms with Crippen LogP contribution in [0.2, 0.25) is 0 Å². The first-order valence-electron chi connectivity index (χ1n) is 4.49. The highest BCUT2D eigenvalue weighted by atomic mass is 16.5. The van der Waals surface area contributed by atoms with Crippen molar-refractivity contribution in [2.24, 2.45) is 4.99 Å². The van der Waals surface area contributed by atoms with Gasteiger partial charge in [0.2, 0.25) is 0 Å². The summed E-state index contributed by atoms with van der Waals surface area (Å²) in [7, 11) is 1.63. The number of hydrogen-bond donors (Lipinski definition) is 1. The number of ether oxygens (including phenoxy) is 1. The number of rotatable bonds is 4. The molecule has 78 valence electrons. The highest BCUT2D eigenvalue weighted by Gasteiger charge is 1.98. The van der Waals surface area contributed by atoms with E-state index >= 15 is 0 Å². The fraction of sp³-hybridized carbons (Fsp3) is 0.200. The van der Waals surface area contributed by atoms with Crippen molar-refractivity contribution in [3.8, 4) is 0 Å². The maximum Gasteiger partial charge on any atom is 0.147 e. The molecule has 0 radical (unpaired) electrons. The van der Waals surface area contributed by atoms with Gasteiger partial charge in [-0.15, -0.1) is 0 Å². The average Bonchev–Trinajstić information content (AvgIpc) is 2.85. The molecular formula is C10H11N3O2. The Labute approximate surface area is 86.8 Å². The maximum atomic E-state index is 5.41. The van der Waals surface area contributed by atoms with Crippen molar-refractivity contribution < 1.29 is 9.15 Å². The summed E-state index contributed by atoms with van der Waals surface area (Å²) >= 11 is 0. The number of hydrogen-bond acceptors (Lipinski definition) is 4. The summed E-state index contributed by atoms with van der Waals surface area (Å²) in [4.78, 5) is 4.13. The molecule has 2 aromatic heterocycles. The van der Waals surface area contributed by atoms with Crippen LogP contribution >= 0.6 is 0 Å². The van der Waals surface area contributed by atoms with E-state index in [0.29, 0.717) is 18.2 Å². The van der Waals surface area contributed by atoms with Crippen molar-refractivity contribution in [3.63, 3.8) is 0 Å². The highest BCUT2D eigenvalue weighted by Crippen LogP contribution is 2.09. The van der Waals surface area contributed by atoms with E-state index in [1.807, 2.05) is 12.1 Å². The highest BCUT2D eigenvalue weighted by molar-refractivity contribution is 5.78. The molecule has 0 amide bonds. The van der Waals surface area contributed by atoms with Gasteiger partial charge in [0, 0.05) is 13.2 Å². The van der Waals surface area contributed by atoms with Crippen LogP contribution in [0.1, 0.15) is 11.5 Å². The zero-order valence-electron chi connectivity index (χ0n) is 8.30. The molecule has 0 saturated heterocycles. The second kappa shape index (κ2) is 4.56. The van der Waals surface area contributed by atoms with Gasteiger partial charge in [0.25, 0.3) is 0 Å². The predicted octanol–water partition coefficient (Wildman–Crippen LogP) is 1.90. The Kier molecular flexibility index (Phi) is 2.94. The van der Waals surface area contributed by atoms with E-state index < -0.39 is 0 Å². The monoisotopic (exact) mass is 205 g/mol. The summed E-state index contributed by atoms with van der Waals surface area (Å²) in [5.41, 5.74) is 0. The molecule has 0 aliphatic heterocycles. The summed E-state index contributed by atoms with van der Waals surface area (Å²) < 4.78 is 10.4. The molecule has 15 heavy (non-hydrogen) atoms. The lowest BCUT2D eigenvalue weighted by atomic mass is 10.4. The number of H-pyrrole nitrogens is 1. The van der Waals surface area contributed by atoms with Crippen LogP contribution in [-0.4, -0.2) is 23.5 Å². The number of methoxy groups -OCH3 is 1. The molecule has 0 bridgehead atoms. The van der Waals surface area contributed by atoms with Gasteiger partial charge >= 0.3 is 0 Å². The maximum absolute atomic E-state index is 5.41. The molecule has 0 saturated carbocycles. The molecule has 0 atom stereocenters. The standard InChI is InChI=1S/C10H11N3O2/c1-14-7-9-3-2-8(15-9)6-11-10-4-5-12-13-10/h2-6H,7H2,1H3,(H,12,13). The van der Waals surface area contributed by atoms with Gasteiger partial charge in [0.05, 0.1) is 12.4 Å². The third-order valence-corrected chi connectivity index (χ3v) is 1.79. The summed E-state index contributed by atoms with van der Waals surface area (Å²) in [5, 5.41) is 6.50. The lowest BCUT2D eigenvalue weighted by Crippen LogP contribution is -1.82. The summed E-state index contributed by atoms with van der Waals surface area (Å²) in [6, 6.07) is 5.47. The molecule has 0 aromatic carbocycles. The average molecular weight is 205 g/mol. The first-order valence-corrected chi connectivity index (χ1v) is 4.49. The second-order valence-electron chi connectivity index (χ2n) is 2.94. The zero-order valence-corrected chi connectivity index (χ0v) is 8.30. The fourth-order valence-electron chi connectivity index (χ4n) is 1.14. The van der Waals surface area contributed by atoms with Gasteiger partial charge in [-0.05, 0) is 12.1 Å². The minimum Gasteiger partial charge on any atom is -0.458 e. The smallest absolute Gasteiger partial charge is 0.147 e. The van der Waals surface area contributed by atoms with Crippen molar-refractivity contribution in [1.82, 2.24) is 10.2 Å². The van der Waals surface area contributed by atoms with Crippen LogP contribution in [0, 0.1) is 0 Å². The van der Waals surface area contributed by atoms with Gasteiger partial charge in [0.15, 0.2) is 0 Å². The normalized spacial score (nSPS) is 11.3. The lowest BCUT2D eigenvalue weighted by molar-refractivity contribution is 0.164. The topological polar surface area (TPSA) is 63.4 Å². The molecule has 5 nitrogen and oxygen atoms in total. The van der Waals surface area contributed by atoms with Crippen molar-refractivity contribution in [2.45, 2.75) is 6.61 Å². The largest absolute Gasteiger partial charge is 0.458 e. The molecule has 1 N–H and O–H groups in total. The number of aromatic amines is 1. The van der Waals surface area contributed by atoms with Gasteiger partial charge in [-0.2, -0.15) is 5.10 Å². The number of aliphatic imine (C=N–C) groups is 1. The first-order chi connectivity index (χ1) is 7.38. The van der Waals surface area contributed by atoms with Crippen LogP contribution in [0.4, 0.5) is 5.82 Å².